The lowest BCUT2D eigenvalue weighted by Crippen LogP contribution is -2.29. The summed E-state index contributed by atoms with van der Waals surface area (Å²) in [6, 6.07) is 9.98. The van der Waals surface area contributed by atoms with E-state index in [1.807, 2.05) is 49.6 Å². The fraction of sp³-hybridized carbons (Fsp3) is 0.375. The van der Waals surface area contributed by atoms with Gasteiger partial charge < -0.3 is 10.1 Å². The molecule has 21 heavy (non-hydrogen) atoms. The van der Waals surface area contributed by atoms with E-state index in [-0.39, 0.29) is 12.0 Å². The van der Waals surface area contributed by atoms with Gasteiger partial charge in [-0.2, -0.15) is 0 Å². The van der Waals surface area contributed by atoms with Gasteiger partial charge in [0, 0.05) is 17.5 Å². The minimum atomic E-state index is -0.0210. The van der Waals surface area contributed by atoms with E-state index in [4.69, 9.17) is 4.74 Å². The molecule has 2 aromatic rings. The lowest BCUT2D eigenvalue weighted by Gasteiger charge is -2.08. The minimum absolute atomic E-state index is 0.0210. The molecule has 0 saturated carbocycles. The molecule has 0 spiro atoms. The van der Waals surface area contributed by atoms with Crippen molar-refractivity contribution >= 4 is 17.2 Å². The Morgan fingerprint density at radius 1 is 1.33 bits per heavy atom. The predicted molar refractivity (Wildman–Crippen MR) is 85.4 cm³/mol. The molecule has 0 atom stereocenters. The van der Waals surface area contributed by atoms with Crippen molar-refractivity contribution in [2.75, 3.05) is 13.2 Å². The van der Waals surface area contributed by atoms with E-state index in [1.165, 1.54) is 0 Å². The van der Waals surface area contributed by atoms with Gasteiger partial charge in [0.25, 0.3) is 0 Å². The van der Waals surface area contributed by atoms with E-state index >= 15 is 0 Å². The molecule has 1 amide bonds. The monoisotopic (exact) mass is 304 g/mol. The van der Waals surface area contributed by atoms with Gasteiger partial charge in [-0.25, -0.2) is 4.98 Å². The fourth-order valence-electron chi connectivity index (χ4n) is 1.81. The number of thiazole rings is 1. The molecule has 0 fully saturated rings. The summed E-state index contributed by atoms with van der Waals surface area (Å²) in [5.74, 6) is -0.0210. The molecule has 112 valence electrons. The fourth-order valence-corrected chi connectivity index (χ4v) is 2.64. The van der Waals surface area contributed by atoms with Gasteiger partial charge in [-0.1, -0.05) is 30.3 Å². The Morgan fingerprint density at radius 3 is 2.81 bits per heavy atom. The highest BCUT2D eigenvalue weighted by Crippen LogP contribution is 2.23. The Hall–Kier alpha value is -1.72. The second-order valence-corrected chi connectivity index (χ2v) is 5.81. The third kappa shape index (κ3) is 5.28. The van der Waals surface area contributed by atoms with Crippen LogP contribution in [-0.2, 0) is 16.0 Å². The topological polar surface area (TPSA) is 51.2 Å². The Bertz CT molecular complexity index is 567. The maximum absolute atomic E-state index is 11.8. The largest absolute Gasteiger partial charge is 0.377 e. The number of nitrogens with zero attached hydrogens (tertiary/aromatic N) is 1. The molecule has 0 bridgehead atoms. The van der Waals surface area contributed by atoms with Gasteiger partial charge in [0.05, 0.1) is 24.8 Å². The van der Waals surface area contributed by atoms with Gasteiger partial charge in [-0.05, 0) is 13.8 Å². The molecular formula is C16H20N2O2S. The molecule has 2 rings (SSSR count). The number of carbonyl (C=O) groups is 1. The van der Waals surface area contributed by atoms with Crippen LogP contribution in [0.25, 0.3) is 10.6 Å². The summed E-state index contributed by atoms with van der Waals surface area (Å²) in [4.78, 5) is 16.3. The summed E-state index contributed by atoms with van der Waals surface area (Å²) in [7, 11) is 0. The van der Waals surface area contributed by atoms with Crippen LogP contribution in [0.2, 0.25) is 0 Å². The van der Waals surface area contributed by atoms with Crippen molar-refractivity contribution in [1.82, 2.24) is 10.3 Å². The number of hydrogen-bond donors (Lipinski definition) is 1. The highest BCUT2D eigenvalue weighted by Gasteiger charge is 2.08. The summed E-state index contributed by atoms with van der Waals surface area (Å²) in [6.07, 6.45) is 0.499. The summed E-state index contributed by atoms with van der Waals surface area (Å²) in [6.45, 7) is 5.02. The first-order chi connectivity index (χ1) is 10.1. The van der Waals surface area contributed by atoms with Crippen molar-refractivity contribution in [3.05, 3.63) is 41.4 Å². The molecular weight excluding hydrogens is 284 g/mol. The van der Waals surface area contributed by atoms with E-state index < -0.39 is 0 Å². The molecule has 5 heteroatoms. The van der Waals surface area contributed by atoms with Crippen LogP contribution in [0.5, 0.6) is 0 Å². The highest BCUT2D eigenvalue weighted by molar-refractivity contribution is 7.13. The predicted octanol–water partition coefficient (Wildman–Crippen LogP) is 2.89. The third-order valence-corrected chi connectivity index (χ3v) is 3.73. The summed E-state index contributed by atoms with van der Waals surface area (Å²) >= 11 is 1.56. The second kappa shape index (κ2) is 7.90. The van der Waals surface area contributed by atoms with Crippen LogP contribution in [0.15, 0.2) is 35.7 Å². The van der Waals surface area contributed by atoms with E-state index in [2.05, 4.69) is 10.3 Å². The standard InChI is InChI=1S/C16H20N2O2S/c1-12(2)20-9-8-17-15(19)10-14-11-21-16(18-14)13-6-4-3-5-7-13/h3-7,11-12H,8-10H2,1-2H3,(H,17,19). The molecule has 0 aliphatic carbocycles. The number of rotatable bonds is 7. The lowest BCUT2D eigenvalue weighted by molar-refractivity contribution is -0.120. The smallest absolute Gasteiger partial charge is 0.226 e. The number of benzene rings is 1. The Balaban J connectivity index is 1.81. The zero-order valence-electron chi connectivity index (χ0n) is 12.3. The lowest BCUT2D eigenvalue weighted by atomic mass is 10.2. The van der Waals surface area contributed by atoms with Crippen molar-refractivity contribution in [2.24, 2.45) is 0 Å². The van der Waals surface area contributed by atoms with Crippen molar-refractivity contribution in [3.8, 4) is 10.6 Å². The van der Waals surface area contributed by atoms with Crippen molar-refractivity contribution < 1.29 is 9.53 Å². The van der Waals surface area contributed by atoms with E-state index in [1.54, 1.807) is 11.3 Å². The van der Waals surface area contributed by atoms with Gasteiger partial charge in [0.2, 0.25) is 5.91 Å². The maximum atomic E-state index is 11.8. The number of amides is 1. The molecule has 0 aliphatic heterocycles. The molecule has 1 aromatic carbocycles. The number of hydrogen-bond acceptors (Lipinski definition) is 4. The minimum Gasteiger partial charge on any atom is -0.377 e. The first kappa shape index (κ1) is 15.7. The van der Waals surface area contributed by atoms with Crippen LogP contribution in [0.4, 0.5) is 0 Å². The van der Waals surface area contributed by atoms with Crippen LogP contribution in [-0.4, -0.2) is 30.1 Å². The Labute approximate surface area is 129 Å². The zero-order valence-corrected chi connectivity index (χ0v) is 13.2. The summed E-state index contributed by atoms with van der Waals surface area (Å²) in [5, 5.41) is 5.72. The second-order valence-electron chi connectivity index (χ2n) is 4.96. The molecule has 0 unspecified atom stereocenters. The van der Waals surface area contributed by atoms with Crippen LogP contribution in [0.1, 0.15) is 19.5 Å². The van der Waals surface area contributed by atoms with E-state index in [0.29, 0.717) is 19.6 Å². The third-order valence-electron chi connectivity index (χ3n) is 2.79. The zero-order chi connectivity index (χ0) is 15.1. The first-order valence-electron chi connectivity index (χ1n) is 7.03. The van der Waals surface area contributed by atoms with Gasteiger partial charge >= 0.3 is 0 Å². The number of aromatic nitrogens is 1. The van der Waals surface area contributed by atoms with Gasteiger partial charge in [0.15, 0.2) is 0 Å². The van der Waals surface area contributed by atoms with Crippen LogP contribution in [0.3, 0.4) is 0 Å². The molecule has 1 heterocycles. The van der Waals surface area contributed by atoms with Crippen molar-refractivity contribution in [2.45, 2.75) is 26.4 Å². The van der Waals surface area contributed by atoms with Crippen LogP contribution in [0, 0.1) is 0 Å². The average Bonchev–Trinajstić information content (AvgIpc) is 2.93. The van der Waals surface area contributed by atoms with Gasteiger partial charge in [-0.15, -0.1) is 11.3 Å². The molecule has 1 aromatic heterocycles. The van der Waals surface area contributed by atoms with E-state index in [9.17, 15) is 4.79 Å². The quantitative estimate of drug-likeness (QED) is 0.800. The molecule has 4 nitrogen and oxygen atoms in total. The normalized spacial score (nSPS) is 10.8. The highest BCUT2D eigenvalue weighted by atomic mass is 32.1. The summed E-state index contributed by atoms with van der Waals surface area (Å²) < 4.78 is 5.38. The van der Waals surface area contributed by atoms with Crippen LogP contribution >= 0.6 is 11.3 Å². The average molecular weight is 304 g/mol. The number of ether oxygens (including phenoxy) is 1. The van der Waals surface area contributed by atoms with Gasteiger partial charge in [0.1, 0.15) is 5.01 Å². The van der Waals surface area contributed by atoms with Crippen molar-refractivity contribution in [3.63, 3.8) is 0 Å². The first-order valence-corrected chi connectivity index (χ1v) is 7.91. The number of nitrogens with one attached hydrogen (secondary N) is 1. The summed E-state index contributed by atoms with van der Waals surface area (Å²) in [5.41, 5.74) is 1.89. The molecule has 0 saturated heterocycles. The molecule has 0 aliphatic rings. The van der Waals surface area contributed by atoms with Crippen LogP contribution < -0.4 is 5.32 Å². The Morgan fingerprint density at radius 2 is 2.10 bits per heavy atom. The molecule has 1 N–H and O–H groups in total. The number of carbonyl (C=O) groups excluding carboxylic acids is 1. The SMILES string of the molecule is CC(C)OCCNC(=O)Cc1csc(-c2ccccc2)n1. The maximum Gasteiger partial charge on any atom is 0.226 e. The molecule has 0 radical (unpaired) electrons. The van der Waals surface area contributed by atoms with Crippen molar-refractivity contribution in [1.29, 1.82) is 0 Å². The van der Waals surface area contributed by atoms with Gasteiger partial charge in [-0.3, -0.25) is 4.79 Å². The Kier molecular flexibility index (Phi) is 5.90. The van der Waals surface area contributed by atoms with E-state index in [0.717, 1.165) is 16.3 Å².